The first-order chi connectivity index (χ1) is 11.3. The summed E-state index contributed by atoms with van der Waals surface area (Å²) in [6.07, 6.45) is -0.311. The lowest BCUT2D eigenvalue weighted by molar-refractivity contribution is -0.386. The van der Waals surface area contributed by atoms with Crippen molar-refractivity contribution in [3.05, 3.63) is 40.5 Å². The fourth-order valence-electron chi connectivity index (χ4n) is 1.87. The lowest BCUT2D eigenvalue weighted by atomic mass is 10.1. The van der Waals surface area contributed by atoms with Gasteiger partial charge in [0.25, 0.3) is 5.69 Å². The first-order valence-corrected chi connectivity index (χ1v) is 6.70. The minimum absolute atomic E-state index is 0.0917. The smallest absolute Gasteiger partial charge is 0.352 e. The normalized spacial score (nSPS) is 11.1. The number of benzene rings is 1. The van der Waals surface area contributed by atoms with Gasteiger partial charge >= 0.3 is 11.9 Å². The number of carbonyl (C=O) groups excluding carboxylic acids is 2. The average molecular weight is 339 g/mol. The minimum atomic E-state index is -1.62. The molecule has 9 nitrogen and oxygen atoms in total. The summed E-state index contributed by atoms with van der Waals surface area (Å²) in [5, 5.41) is 11.3. The Morgan fingerprint density at radius 3 is 2.33 bits per heavy atom. The van der Waals surface area contributed by atoms with E-state index in [1.807, 2.05) is 0 Å². The van der Waals surface area contributed by atoms with Gasteiger partial charge in [0.2, 0.25) is 6.10 Å². The minimum Gasteiger partial charge on any atom is -0.493 e. The fraction of sp³-hybridized carbons (Fsp3) is 0.333. The molecule has 1 aromatic rings. The number of methoxy groups -OCH3 is 2. The third-order valence-electron chi connectivity index (χ3n) is 2.85. The standard InChI is InChI=1S/C15H17NO8/c1-5-6-23-15(18)14(24-9(2)17)10-7-12(21-3)13(22-4)8-11(10)16(19)20/h5,7-8,14H,1,6H2,2-4H3. The molecule has 130 valence electrons. The highest BCUT2D eigenvalue weighted by molar-refractivity contribution is 5.82. The van der Waals surface area contributed by atoms with Gasteiger partial charge in [-0.1, -0.05) is 12.7 Å². The Morgan fingerprint density at radius 1 is 1.29 bits per heavy atom. The molecule has 0 radical (unpaired) electrons. The molecule has 0 spiro atoms. The van der Waals surface area contributed by atoms with E-state index in [1.54, 1.807) is 0 Å². The maximum atomic E-state index is 12.1. The van der Waals surface area contributed by atoms with Crippen LogP contribution in [0.25, 0.3) is 0 Å². The maximum absolute atomic E-state index is 12.1. The van der Waals surface area contributed by atoms with Crippen LogP contribution >= 0.6 is 0 Å². The number of nitrogens with zero attached hydrogens (tertiary/aromatic N) is 1. The second-order valence-corrected chi connectivity index (χ2v) is 4.43. The van der Waals surface area contributed by atoms with Crippen LogP contribution in [-0.2, 0) is 19.1 Å². The van der Waals surface area contributed by atoms with Crippen LogP contribution in [0, 0.1) is 10.1 Å². The van der Waals surface area contributed by atoms with Crippen LogP contribution in [0.1, 0.15) is 18.6 Å². The molecule has 0 aromatic heterocycles. The van der Waals surface area contributed by atoms with Gasteiger partial charge in [-0.2, -0.15) is 0 Å². The van der Waals surface area contributed by atoms with Crippen LogP contribution in [0.2, 0.25) is 0 Å². The summed E-state index contributed by atoms with van der Waals surface area (Å²) in [5.74, 6) is -1.55. The Kier molecular flexibility index (Phi) is 6.72. The molecule has 0 saturated carbocycles. The third kappa shape index (κ3) is 4.45. The Hall–Kier alpha value is -3.10. The largest absolute Gasteiger partial charge is 0.493 e. The van der Waals surface area contributed by atoms with Crippen molar-refractivity contribution in [3.8, 4) is 11.5 Å². The number of rotatable bonds is 8. The lowest BCUT2D eigenvalue weighted by Crippen LogP contribution is -2.22. The quantitative estimate of drug-likeness (QED) is 0.305. The second-order valence-electron chi connectivity index (χ2n) is 4.43. The molecule has 1 atom stereocenters. The number of hydrogen-bond donors (Lipinski definition) is 0. The topological polar surface area (TPSA) is 114 Å². The fourth-order valence-corrected chi connectivity index (χ4v) is 1.87. The van der Waals surface area contributed by atoms with Gasteiger partial charge in [0.05, 0.1) is 30.8 Å². The van der Waals surface area contributed by atoms with E-state index in [0.29, 0.717) is 0 Å². The number of nitro groups is 1. The zero-order valence-electron chi connectivity index (χ0n) is 13.4. The molecule has 0 saturated heterocycles. The summed E-state index contributed by atoms with van der Waals surface area (Å²) < 4.78 is 19.8. The van der Waals surface area contributed by atoms with E-state index >= 15 is 0 Å². The maximum Gasteiger partial charge on any atom is 0.352 e. The van der Waals surface area contributed by atoms with E-state index in [0.717, 1.165) is 13.0 Å². The van der Waals surface area contributed by atoms with Gasteiger partial charge in [-0.25, -0.2) is 4.79 Å². The molecule has 24 heavy (non-hydrogen) atoms. The summed E-state index contributed by atoms with van der Waals surface area (Å²) in [4.78, 5) is 34.0. The highest BCUT2D eigenvalue weighted by atomic mass is 16.6. The zero-order chi connectivity index (χ0) is 18.3. The predicted molar refractivity (Wildman–Crippen MR) is 81.9 cm³/mol. The molecule has 1 aromatic carbocycles. The van der Waals surface area contributed by atoms with Gasteiger partial charge in [0, 0.05) is 6.92 Å². The molecule has 0 aliphatic rings. The molecule has 1 unspecified atom stereocenters. The van der Waals surface area contributed by atoms with Gasteiger partial charge in [-0.15, -0.1) is 0 Å². The lowest BCUT2D eigenvalue weighted by Gasteiger charge is -2.17. The van der Waals surface area contributed by atoms with Crippen LogP contribution in [0.15, 0.2) is 24.8 Å². The molecule has 0 fully saturated rings. The first-order valence-electron chi connectivity index (χ1n) is 6.70. The average Bonchev–Trinajstić information content (AvgIpc) is 2.55. The van der Waals surface area contributed by atoms with E-state index in [4.69, 9.17) is 18.9 Å². The highest BCUT2D eigenvalue weighted by Crippen LogP contribution is 2.38. The molecular weight excluding hydrogens is 322 g/mol. The van der Waals surface area contributed by atoms with Gasteiger partial charge in [0.15, 0.2) is 11.5 Å². The SMILES string of the molecule is C=CCOC(=O)C(OC(C)=O)c1cc(OC)c(OC)cc1[N+](=O)[O-]. The summed E-state index contributed by atoms with van der Waals surface area (Å²) in [6.45, 7) is 4.32. The van der Waals surface area contributed by atoms with Crippen molar-refractivity contribution < 1.29 is 33.5 Å². The van der Waals surface area contributed by atoms with Gasteiger partial charge < -0.3 is 18.9 Å². The van der Waals surface area contributed by atoms with Crippen LogP contribution in [0.5, 0.6) is 11.5 Å². The molecule has 9 heteroatoms. The van der Waals surface area contributed by atoms with Crippen molar-refractivity contribution in [3.63, 3.8) is 0 Å². The molecule has 0 N–H and O–H groups in total. The molecule has 0 aliphatic carbocycles. The Labute approximate surface area is 137 Å². The molecule has 0 amide bonds. The summed E-state index contributed by atoms with van der Waals surface area (Å²) in [5.41, 5.74) is -0.670. The van der Waals surface area contributed by atoms with Crippen LogP contribution in [0.3, 0.4) is 0 Å². The summed E-state index contributed by atoms with van der Waals surface area (Å²) in [7, 11) is 2.63. The molecule has 0 heterocycles. The van der Waals surface area contributed by atoms with Crippen LogP contribution < -0.4 is 9.47 Å². The van der Waals surface area contributed by atoms with Crippen molar-refractivity contribution in [1.29, 1.82) is 0 Å². The van der Waals surface area contributed by atoms with Gasteiger partial charge in [-0.3, -0.25) is 14.9 Å². The molecule has 1 rings (SSSR count). The van der Waals surface area contributed by atoms with Crippen molar-refractivity contribution in [2.24, 2.45) is 0 Å². The van der Waals surface area contributed by atoms with Crippen LogP contribution in [0.4, 0.5) is 5.69 Å². The van der Waals surface area contributed by atoms with Gasteiger partial charge in [-0.05, 0) is 6.07 Å². The highest BCUT2D eigenvalue weighted by Gasteiger charge is 2.34. The van der Waals surface area contributed by atoms with Crippen LogP contribution in [-0.4, -0.2) is 37.7 Å². The third-order valence-corrected chi connectivity index (χ3v) is 2.85. The van der Waals surface area contributed by atoms with Crippen molar-refractivity contribution >= 4 is 17.6 Å². The molecule has 0 aliphatic heterocycles. The van der Waals surface area contributed by atoms with Gasteiger partial charge in [0.1, 0.15) is 6.61 Å². The number of carbonyl (C=O) groups is 2. The van der Waals surface area contributed by atoms with E-state index in [9.17, 15) is 19.7 Å². The number of hydrogen-bond acceptors (Lipinski definition) is 8. The van der Waals surface area contributed by atoms with E-state index in [2.05, 4.69) is 6.58 Å². The first kappa shape index (κ1) is 18.9. The molecule has 0 bridgehead atoms. The Morgan fingerprint density at radius 2 is 1.88 bits per heavy atom. The number of ether oxygens (including phenoxy) is 4. The predicted octanol–water partition coefficient (Wildman–Crippen LogP) is 1.95. The molecular formula is C15H17NO8. The second kappa shape index (κ2) is 8.51. The summed E-state index contributed by atoms with van der Waals surface area (Å²) >= 11 is 0. The number of esters is 2. The van der Waals surface area contributed by atoms with Crippen molar-refractivity contribution in [1.82, 2.24) is 0 Å². The monoisotopic (exact) mass is 339 g/mol. The van der Waals surface area contributed by atoms with Crippen molar-refractivity contribution in [2.45, 2.75) is 13.0 Å². The summed E-state index contributed by atoms with van der Waals surface area (Å²) in [6, 6.07) is 2.27. The zero-order valence-corrected chi connectivity index (χ0v) is 13.4. The number of nitro benzene ring substituents is 1. The van der Waals surface area contributed by atoms with E-state index < -0.39 is 28.7 Å². The van der Waals surface area contributed by atoms with E-state index in [1.165, 1.54) is 26.4 Å². The van der Waals surface area contributed by atoms with E-state index in [-0.39, 0.29) is 23.7 Å². The van der Waals surface area contributed by atoms with Crippen molar-refractivity contribution in [2.75, 3.05) is 20.8 Å². The Balaban J connectivity index is 3.48. The Bertz CT molecular complexity index is 655.